The van der Waals surface area contributed by atoms with E-state index in [2.05, 4.69) is 37.9 Å². The summed E-state index contributed by atoms with van der Waals surface area (Å²) in [6, 6.07) is 3.65. The Bertz CT molecular complexity index is 587. The molecule has 0 saturated heterocycles. The minimum absolute atomic E-state index is 0. The number of quaternary nitrogens is 1. The van der Waals surface area contributed by atoms with Crippen LogP contribution in [0.1, 0.15) is 51.7 Å². The zero-order valence-corrected chi connectivity index (χ0v) is 19.5. The van der Waals surface area contributed by atoms with Gasteiger partial charge in [0.1, 0.15) is 0 Å². The first-order valence-corrected chi connectivity index (χ1v) is 9.04. The summed E-state index contributed by atoms with van der Waals surface area (Å²) >= 11 is 0. The Kier molecular flexibility index (Phi) is 10.7. The number of likely N-dealkylation sites (N-methyl/N-ethyl adjacent to an activating group) is 1. The van der Waals surface area contributed by atoms with Crippen molar-refractivity contribution < 1.29 is 42.0 Å². The maximum atomic E-state index is 13.1. The van der Waals surface area contributed by atoms with Gasteiger partial charge in [0, 0.05) is 44.8 Å². The zero-order chi connectivity index (χ0) is 18.3. The number of nitrogens with zero attached hydrogens (tertiary/aromatic N) is 2. The van der Waals surface area contributed by atoms with Crippen molar-refractivity contribution in [3.63, 3.8) is 0 Å². The predicted molar refractivity (Wildman–Crippen MR) is 101 cm³/mol. The molecule has 0 aromatic heterocycles. The van der Waals surface area contributed by atoms with Gasteiger partial charge in [0.25, 0.3) is 5.91 Å². The Morgan fingerprint density at radius 3 is 1.96 bits per heavy atom. The topological polar surface area (TPSA) is 33.5 Å². The molecule has 0 saturated carbocycles. The second-order valence-electron chi connectivity index (χ2n) is 6.53. The molecular weight excluding hydrogens is 387 g/mol. The van der Waals surface area contributed by atoms with E-state index in [0.717, 1.165) is 53.8 Å². The minimum Gasteiger partial charge on any atom is -0.321 e. The van der Waals surface area contributed by atoms with E-state index in [4.69, 9.17) is 6.57 Å². The summed E-state index contributed by atoms with van der Waals surface area (Å²) in [6.07, 6.45) is 1.88. The van der Waals surface area contributed by atoms with E-state index in [0.29, 0.717) is 5.69 Å². The van der Waals surface area contributed by atoms with E-state index in [9.17, 15) is 4.79 Å². The van der Waals surface area contributed by atoms with Crippen molar-refractivity contribution in [3.05, 3.63) is 34.7 Å². The van der Waals surface area contributed by atoms with Gasteiger partial charge in [0.2, 0.25) is 0 Å². The van der Waals surface area contributed by atoms with Crippen molar-refractivity contribution in [1.82, 2.24) is 0 Å². The first-order chi connectivity index (χ1) is 11.4. The molecule has 1 rings (SSSR count). The number of anilines is 1. The summed E-state index contributed by atoms with van der Waals surface area (Å²) < 4.78 is 0.817. The molecule has 1 atom stereocenters. The Hall–Kier alpha value is -0.756. The van der Waals surface area contributed by atoms with Gasteiger partial charge in [-0.05, 0) is 52.2 Å². The van der Waals surface area contributed by atoms with Gasteiger partial charge >= 0.3 is 0 Å². The van der Waals surface area contributed by atoms with Gasteiger partial charge in [0.15, 0.2) is 11.7 Å². The zero-order valence-electron chi connectivity index (χ0n) is 16.6. The van der Waals surface area contributed by atoms with E-state index in [-0.39, 0.29) is 44.7 Å². The largest absolute Gasteiger partial charge is 0.321 e. The van der Waals surface area contributed by atoms with Crippen LogP contribution < -0.4 is 5.32 Å². The molecule has 0 fully saturated rings. The van der Waals surface area contributed by atoms with E-state index in [1.807, 2.05) is 26.0 Å². The summed E-state index contributed by atoms with van der Waals surface area (Å²) in [5.74, 6) is 0.101. The predicted octanol–water partition coefficient (Wildman–Crippen LogP) is 4.84. The first-order valence-electron chi connectivity index (χ1n) is 9.04. The third-order valence-corrected chi connectivity index (χ3v) is 5.31. The third kappa shape index (κ3) is 5.61. The molecule has 5 heteroatoms. The Balaban J connectivity index is 0.00000576. The third-order valence-electron chi connectivity index (χ3n) is 5.31. The maximum absolute atomic E-state index is 13.1. The molecule has 0 bridgehead atoms. The molecule has 1 N–H and O–H groups in total. The Morgan fingerprint density at radius 1 is 1.12 bits per heavy atom. The SMILES string of the molecule is [C-]#[N+]c1cc(C)c(NC(=O)C(CCC)[N+](CC)(CC)CC)c(C)c1.[Y]. The molecule has 1 amide bonds. The van der Waals surface area contributed by atoms with Crippen molar-refractivity contribution in [2.45, 2.75) is 60.4 Å². The maximum Gasteiger partial charge on any atom is 0.282 e. The van der Waals surface area contributed by atoms with Crippen LogP contribution >= 0.6 is 0 Å². The molecule has 0 aliphatic rings. The van der Waals surface area contributed by atoms with Gasteiger partial charge in [0.05, 0.1) is 26.2 Å². The van der Waals surface area contributed by atoms with Crippen molar-refractivity contribution >= 4 is 17.3 Å². The molecule has 0 heterocycles. The van der Waals surface area contributed by atoms with Gasteiger partial charge < -0.3 is 9.80 Å². The van der Waals surface area contributed by atoms with Crippen molar-refractivity contribution in [3.8, 4) is 0 Å². The van der Waals surface area contributed by atoms with Crippen LogP contribution in [0.4, 0.5) is 11.4 Å². The average Bonchev–Trinajstić information content (AvgIpc) is 2.58. The molecule has 0 aliphatic heterocycles. The quantitative estimate of drug-likeness (QED) is 0.475. The molecule has 0 spiro atoms. The van der Waals surface area contributed by atoms with Crippen molar-refractivity contribution in [1.29, 1.82) is 0 Å². The summed E-state index contributed by atoms with van der Waals surface area (Å²) in [7, 11) is 0. The van der Waals surface area contributed by atoms with E-state index < -0.39 is 0 Å². The molecule has 1 aromatic carbocycles. The molecule has 4 nitrogen and oxygen atoms in total. The Morgan fingerprint density at radius 2 is 1.60 bits per heavy atom. The summed E-state index contributed by atoms with van der Waals surface area (Å²) in [5.41, 5.74) is 3.38. The van der Waals surface area contributed by atoms with Crippen LogP contribution in [0.15, 0.2) is 12.1 Å². The van der Waals surface area contributed by atoms with Crippen molar-refractivity contribution in [2.75, 3.05) is 25.0 Å². The summed E-state index contributed by atoms with van der Waals surface area (Å²) in [6.45, 7) is 22.6. The van der Waals surface area contributed by atoms with E-state index in [1.54, 1.807) is 0 Å². The number of rotatable bonds is 8. The van der Waals surface area contributed by atoms with Crippen LogP contribution in [0.2, 0.25) is 0 Å². The molecular formula is C20H32N3OY+. The van der Waals surface area contributed by atoms with Gasteiger partial charge in [-0.15, -0.1) is 0 Å². The minimum atomic E-state index is -0.0330. The van der Waals surface area contributed by atoms with Crippen LogP contribution in [0, 0.1) is 20.4 Å². The first kappa shape index (κ1) is 24.2. The van der Waals surface area contributed by atoms with Crippen LogP contribution in [0.5, 0.6) is 0 Å². The van der Waals surface area contributed by atoms with Gasteiger partial charge in [-0.25, -0.2) is 4.85 Å². The van der Waals surface area contributed by atoms with Gasteiger partial charge in [-0.1, -0.05) is 19.1 Å². The summed E-state index contributed by atoms with van der Waals surface area (Å²) in [5, 5.41) is 3.17. The smallest absolute Gasteiger partial charge is 0.282 e. The van der Waals surface area contributed by atoms with Crippen molar-refractivity contribution in [2.24, 2.45) is 0 Å². The number of nitrogens with one attached hydrogen (secondary N) is 1. The number of hydrogen-bond donors (Lipinski definition) is 1. The Labute approximate surface area is 178 Å². The molecule has 25 heavy (non-hydrogen) atoms. The molecule has 1 unspecified atom stereocenters. The second-order valence-corrected chi connectivity index (χ2v) is 6.53. The monoisotopic (exact) mass is 419 g/mol. The number of hydrogen-bond acceptors (Lipinski definition) is 1. The van der Waals surface area contributed by atoms with Crippen LogP contribution in [-0.4, -0.2) is 36.1 Å². The fourth-order valence-electron chi connectivity index (χ4n) is 3.67. The fraction of sp³-hybridized carbons (Fsp3) is 0.600. The van der Waals surface area contributed by atoms with Gasteiger partial charge in [-0.3, -0.25) is 4.79 Å². The number of benzene rings is 1. The number of carbonyl (C=O) groups is 1. The van der Waals surface area contributed by atoms with Crippen LogP contribution in [0.3, 0.4) is 0 Å². The number of carbonyl (C=O) groups excluding carboxylic acids is 1. The number of amides is 1. The van der Waals surface area contributed by atoms with Crippen LogP contribution in [0.25, 0.3) is 4.85 Å². The second kappa shape index (κ2) is 11.1. The molecule has 135 valence electrons. The van der Waals surface area contributed by atoms with Gasteiger partial charge in [-0.2, -0.15) is 0 Å². The fourth-order valence-corrected chi connectivity index (χ4v) is 3.67. The number of aryl methyl sites for hydroxylation is 2. The molecule has 1 aromatic rings. The van der Waals surface area contributed by atoms with Crippen LogP contribution in [-0.2, 0) is 37.5 Å². The van der Waals surface area contributed by atoms with E-state index >= 15 is 0 Å². The molecule has 1 radical (unpaired) electrons. The normalized spacial score (nSPS) is 12.0. The van der Waals surface area contributed by atoms with E-state index in [1.165, 1.54) is 0 Å². The molecule has 0 aliphatic carbocycles. The summed E-state index contributed by atoms with van der Waals surface area (Å²) in [4.78, 5) is 16.6. The average molecular weight is 419 g/mol. The standard InChI is InChI=1S/C20H31N3O.Y/c1-8-12-18(23(9-2,10-3)11-4)20(24)22-19-15(5)13-17(21-7)14-16(19)6;/h13-14,18H,8-12H2,1-6H3;/p+1.